The van der Waals surface area contributed by atoms with Gasteiger partial charge in [0.2, 0.25) is 5.13 Å². The molecule has 0 fully saturated rings. The van der Waals surface area contributed by atoms with E-state index in [1.165, 1.54) is 28.1 Å². The van der Waals surface area contributed by atoms with E-state index in [9.17, 15) is 9.59 Å². The first-order valence-electron chi connectivity index (χ1n) is 9.01. The topological polar surface area (TPSA) is 110 Å². The van der Waals surface area contributed by atoms with Crippen LogP contribution in [0.25, 0.3) is 0 Å². The number of hydrogen-bond donors (Lipinski definition) is 1. The Bertz CT molecular complexity index is 1030. The summed E-state index contributed by atoms with van der Waals surface area (Å²) in [4.78, 5) is 25.4. The Morgan fingerprint density at radius 1 is 1.37 bits per heavy atom. The van der Waals surface area contributed by atoms with E-state index >= 15 is 0 Å². The Balaban J connectivity index is 1.42. The lowest BCUT2D eigenvalue weighted by Gasteiger charge is -2.19. The van der Waals surface area contributed by atoms with Crippen molar-refractivity contribution in [1.29, 1.82) is 0 Å². The van der Waals surface area contributed by atoms with Crippen molar-refractivity contribution >= 4 is 57.3 Å². The second-order valence-corrected chi connectivity index (χ2v) is 9.15. The Hall–Kier alpha value is -2.70. The third-order valence-electron chi connectivity index (χ3n) is 4.05. The Morgan fingerprint density at radius 2 is 2.27 bits per heavy atom. The Labute approximate surface area is 184 Å². The minimum Gasteiger partial charge on any atom is -0.467 e. The molecule has 0 bridgehead atoms. The number of thiophene rings is 1. The van der Waals surface area contributed by atoms with Gasteiger partial charge in [0.15, 0.2) is 4.34 Å². The molecule has 0 aromatic carbocycles. The minimum atomic E-state index is -0.588. The van der Waals surface area contributed by atoms with Gasteiger partial charge in [0, 0.05) is 6.42 Å². The number of aromatic nitrogens is 2. The highest BCUT2D eigenvalue weighted by Gasteiger charge is 2.35. The number of ether oxygens (including phenoxy) is 1. The summed E-state index contributed by atoms with van der Waals surface area (Å²) in [6.45, 7) is 1.98. The molecule has 1 aliphatic rings. The molecule has 4 heterocycles. The van der Waals surface area contributed by atoms with Crippen molar-refractivity contribution in [3.63, 3.8) is 0 Å². The molecular weight excluding hydrogens is 446 g/mol. The molecule has 2 amide bonds. The normalized spacial score (nSPS) is 15.8. The van der Waals surface area contributed by atoms with Gasteiger partial charge in [0.05, 0.1) is 29.2 Å². The number of thioether (sulfide) groups is 1. The van der Waals surface area contributed by atoms with Crippen LogP contribution >= 0.6 is 34.4 Å². The number of amides is 2. The average Bonchev–Trinajstić information content (AvgIpc) is 3.53. The highest BCUT2D eigenvalue weighted by molar-refractivity contribution is 8.01. The second-order valence-electron chi connectivity index (χ2n) is 6.00. The van der Waals surface area contributed by atoms with E-state index < -0.39 is 6.09 Å². The van der Waals surface area contributed by atoms with E-state index in [4.69, 9.17) is 9.15 Å². The maximum atomic E-state index is 12.9. The van der Waals surface area contributed by atoms with Gasteiger partial charge in [-0.3, -0.25) is 10.1 Å². The van der Waals surface area contributed by atoms with Crippen LogP contribution in [-0.4, -0.2) is 45.3 Å². The zero-order valence-corrected chi connectivity index (χ0v) is 18.3. The largest absolute Gasteiger partial charge is 0.467 e. The van der Waals surface area contributed by atoms with Crippen LogP contribution in [0.5, 0.6) is 0 Å². The monoisotopic (exact) mass is 463 g/mol. The van der Waals surface area contributed by atoms with Crippen molar-refractivity contribution in [3.05, 3.63) is 46.5 Å². The van der Waals surface area contributed by atoms with Gasteiger partial charge in [0.25, 0.3) is 5.91 Å². The SMILES string of the molecule is CCOC(=O)Nc1nnc(SCC(=O)N2N=C(c3cccs3)CC2c2ccco2)s1. The predicted octanol–water partition coefficient (Wildman–Crippen LogP) is 4.23. The van der Waals surface area contributed by atoms with Gasteiger partial charge in [-0.25, -0.2) is 9.80 Å². The summed E-state index contributed by atoms with van der Waals surface area (Å²) in [5, 5.41) is 18.7. The van der Waals surface area contributed by atoms with Crippen LogP contribution in [0.3, 0.4) is 0 Å². The Kier molecular flexibility index (Phi) is 6.45. The van der Waals surface area contributed by atoms with Crippen LogP contribution in [0.2, 0.25) is 0 Å². The summed E-state index contributed by atoms with van der Waals surface area (Å²) >= 11 is 4.00. The number of carbonyl (C=O) groups is 2. The highest BCUT2D eigenvalue weighted by atomic mass is 32.2. The highest BCUT2D eigenvalue weighted by Crippen LogP contribution is 2.35. The number of nitrogens with one attached hydrogen (secondary N) is 1. The molecule has 0 spiro atoms. The van der Waals surface area contributed by atoms with Crippen LogP contribution in [0.4, 0.5) is 9.93 Å². The summed E-state index contributed by atoms with van der Waals surface area (Å²) in [6.07, 6.45) is 1.60. The molecule has 9 nitrogen and oxygen atoms in total. The molecule has 0 saturated heterocycles. The molecule has 0 radical (unpaired) electrons. The number of furan rings is 1. The minimum absolute atomic E-state index is 0.131. The van der Waals surface area contributed by atoms with Gasteiger partial charge >= 0.3 is 6.09 Å². The van der Waals surface area contributed by atoms with E-state index in [1.54, 1.807) is 30.6 Å². The molecular formula is C18H17N5O4S3. The fourth-order valence-corrected chi connectivity index (χ4v) is 5.11. The van der Waals surface area contributed by atoms with Crippen molar-refractivity contribution in [2.24, 2.45) is 5.10 Å². The van der Waals surface area contributed by atoms with E-state index in [1.807, 2.05) is 23.6 Å². The van der Waals surface area contributed by atoms with Crippen molar-refractivity contribution in [2.45, 2.75) is 23.7 Å². The zero-order chi connectivity index (χ0) is 20.9. The molecule has 1 atom stereocenters. The first kappa shape index (κ1) is 20.6. The molecule has 1 unspecified atom stereocenters. The van der Waals surface area contributed by atoms with Gasteiger partial charge in [0.1, 0.15) is 11.8 Å². The molecule has 30 heavy (non-hydrogen) atoms. The van der Waals surface area contributed by atoms with E-state index in [0.29, 0.717) is 21.7 Å². The van der Waals surface area contributed by atoms with Crippen LogP contribution in [-0.2, 0) is 9.53 Å². The van der Waals surface area contributed by atoms with Gasteiger partial charge in [-0.15, -0.1) is 21.5 Å². The summed E-state index contributed by atoms with van der Waals surface area (Å²) in [5.74, 6) is 0.662. The van der Waals surface area contributed by atoms with Gasteiger partial charge in [-0.2, -0.15) is 5.10 Å². The number of hydrogen-bond acceptors (Lipinski definition) is 10. The van der Waals surface area contributed by atoms with E-state index in [-0.39, 0.29) is 24.3 Å². The molecule has 0 aliphatic carbocycles. The molecule has 4 rings (SSSR count). The summed E-state index contributed by atoms with van der Waals surface area (Å²) in [6, 6.07) is 7.33. The molecule has 1 N–H and O–H groups in total. The molecule has 3 aromatic rings. The van der Waals surface area contributed by atoms with Crippen molar-refractivity contribution in [3.8, 4) is 0 Å². The number of hydrazone groups is 1. The lowest BCUT2D eigenvalue weighted by molar-refractivity contribution is -0.130. The quantitative estimate of drug-likeness (QED) is 0.412. The fourth-order valence-electron chi connectivity index (χ4n) is 2.80. The third kappa shape index (κ3) is 4.71. The third-order valence-corrected chi connectivity index (χ3v) is 6.93. The molecule has 156 valence electrons. The van der Waals surface area contributed by atoms with Crippen LogP contribution in [0, 0.1) is 0 Å². The second kappa shape index (κ2) is 9.41. The zero-order valence-electron chi connectivity index (χ0n) is 15.8. The molecule has 3 aromatic heterocycles. The number of anilines is 1. The van der Waals surface area contributed by atoms with Crippen molar-refractivity contribution in [2.75, 3.05) is 17.7 Å². The van der Waals surface area contributed by atoms with Gasteiger partial charge < -0.3 is 9.15 Å². The number of carbonyl (C=O) groups excluding carboxylic acids is 2. The molecule has 1 aliphatic heterocycles. The summed E-state index contributed by atoms with van der Waals surface area (Å²) in [5.41, 5.74) is 0.863. The Morgan fingerprint density at radius 3 is 3.00 bits per heavy atom. The van der Waals surface area contributed by atoms with Crippen LogP contribution < -0.4 is 5.32 Å². The predicted molar refractivity (Wildman–Crippen MR) is 115 cm³/mol. The van der Waals surface area contributed by atoms with E-state index in [2.05, 4.69) is 20.6 Å². The fraction of sp³-hybridized carbons (Fsp3) is 0.278. The molecule has 12 heteroatoms. The first-order chi connectivity index (χ1) is 14.6. The average molecular weight is 464 g/mol. The molecule has 0 saturated carbocycles. The maximum absolute atomic E-state index is 12.9. The van der Waals surface area contributed by atoms with Gasteiger partial charge in [-0.1, -0.05) is 29.2 Å². The van der Waals surface area contributed by atoms with Crippen LogP contribution in [0.15, 0.2) is 49.8 Å². The first-order valence-corrected chi connectivity index (χ1v) is 11.7. The number of nitrogens with zero attached hydrogens (tertiary/aromatic N) is 4. The van der Waals surface area contributed by atoms with Crippen molar-refractivity contribution in [1.82, 2.24) is 15.2 Å². The van der Waals surface area contributed by atoms with Crippen LogP contribution in [0.1, 0.15) is 30.0 Å². The van der Waals surface area contributed by atoms with E-state index in [0.717, 1.165) is 10.6 Å². The summed E-state index contributed by atoms with van der Waals surface area (Å²) in [7, 11) is 0. The van der Waals surface area contributed by atoms with Crippen molar-refractivity contribution < 1.29 is 18.7 Å². The summed E-state index contributed by atoms with van der Waals surface area (Å²) < 4.78 is 10.9. The van der Waals surface area contributed by atoms with Gasteiger partial charge in [-0.05, 0) is 30.5 Å². The standard InChI is InChI=1S/C18H17N5O4S3/c1-2-26-17(25)19-16-20-21-18(30-16)29-10-15(24)23-12(13-5-3-7-27-13)9-11(22-23)14-6-4-8-28-14/h3-8,12H,2,9-10H2,1H3,(H,19,20,25). The smallest absolute Gasteiger partial charge is 0.413 e. The lowest BCUT2D eigenvalue weighted by Crippen LogP contribution is -2.28. The lowest BCUT2D eigenvalue weighted by atomic mass is 10.1. The number of rotatable bonds is 7. The maximum Gasteiger partial charge on any atom is 0.413 e.